The van der Waals surface area contributed by atoms with Crippen molar-refractivity contribution in [3.05, 3.63) is 29.3 Å². The maximum absolute atomic E-state index is 7.51. The summed E-state index contributed by atoms with van der Waals surface area (Å²) < 4.78 is 11.2. The Morgan fingerprint density at radius 2 is 2.10 bits per heavy atom. The van der Waals surface area contributed by atoms with Crippen LogP contribution in [0.3, 0.4) is 0 Å². The predicted octanol–water partition coefficient (Wildman–Crippen LogP) is 3.71. The first kappa shape index (κ1) is 17.5. The second-order valence-corrected chi connectivity index (χ2v) is 5.37. The number of hydrogen-bond acceptors (Lipinski definition) is 3. The average molecular weight is 292 g/mol. The van der Waals surface area contributed by atoms with E-state index in [1.165, 1.54) is 19.3 Å². The minimum absolute atomic E-state index is 0.0632. The summed E-state index contributed by atoms with van der Waals surface area (Å²) in [6, 6.07) is 5.50. The first-order valence-corrected chi connectivity index (χ1v) is 7.71. The molecule has 0 aliphatic heterocycles. The number of methoxy groups -OCH3 is 1. The normalized spacial score (nSPS) is 12.1. The van der Waals surface area contributed by atoms with Gasteiger partial charge in [0.15, 0.2) is 0 Å². The molecule has 0 spiro atoms. The van der Waals surface area contributed by atoms with Crippen molar-refractivity contribution < 1.29 is 9.47 Å². The molecule has 0 aromatic heterocycles. The van der Waals surface area contributed by atoms with Crippen LogP contribution in [0, 0.1) is 11.3 Å². The number of amidine groups is 1. The first-order valence-electron chi connectivity index (χ1n) is 7.71. The molecule has 1 atom stereocenters. The molecular formula is C17H28N2O2. The fourth-order valence-corrected chi connectivity index (χ4v) is 2.29. The third kappa shape index (κ3) is 5.76. The van der Waals surface area contributed by atoms with Gasteiger partial charge in [0.25, 0.3) is 0 Å². The Morgan fingerprint density at radius 3 is 2.67 bits per heavy atom. The molecule has 0 amide bonds. The van der Waals surface area contributed by atoms with Crippen LogP contribution in [0.1, 0.15) is 50.7 Å². The van der Waals surface area contributed by atoms with E-state index in [0.29, 0.717) is 18.1 Å². The number of nitrogen functional groups attached to an aromatic ring is 1. The predicted molar refractivity (Wildman–Crippen MR) is 87.0 cm³/mol. The molecule has 0 heterocycles. The zero-order valence-electron chi connectivity index (χ0n) is 13.4. The van der Waals surface area contributed by atoms with Crippen LogP contribution in [-0.2, 0) is 11.3 Å². The van der Waals surface area contributed by atoms with Crippen LogP contribution < -0.4 is 10.5 Å². The van der Waals surface area contributed by atoms with Gasteiger partial charge in [-0.1, -0.05) is 33.1 Å². The van der Waals surface area contributed by atoms with Crippen LogP contribution in [0.2, 0.25) is 0 Å². The highest BCUT2D eigenvalue weighted by molar-refractivity contribution is 5.95. The summed E-state index contributed by atoms with van der Waals surface area (Å²) in [5.74, 6) is 1.46. The molecular weight excluding hydrogens is 264 g/mol. The molecule has 21 heavy (non-hydrogen) atoms. The summed E-state index contributed by atoms with van der Waals surface area (Å²) in [6.07, 6.45) is 4.85. The summed E-state index contributed by atoms with van der Waals surface area (Å²) in [5.41, 5.74) is 7.17. The largest absolute Gasteiger partial charge is 0.496 e. The van der Waals surface area contributed by atoms with Crippen molar-refractivity contribution in [1.29, 1.82) is 5.41 Å². The van der Waals surface area contributed by atoms with Crippen LogP contribution in [0.15, 0.2) is 18.2 Å². The van der Waals surface area contributed by atoms with Gasteiger partial charge in [-0.3, -0.25) is 5.41 Å². The number of hydrogen-bond donors (Lipinski definition) is 2. The average Bonchev–Trinajstić information content (AvgIpc) is 2.50. The van der Waals surface area contributed by atoms with Crippen LogP contribution in [-0.4, -0.2) is 19.6 Å². The molecule has 0 aliphatic carbocycles. The van der Waals surface area contributed by atoms with Crippen molar-refractivity contribution >= 4 is 5.84 Å². The highest BCUT2D eigenvalue weighted by Gasteiger charge is 2.09. The molecule has 118 valence electrons. The highest BCUT2D eigenvalue weighted by atomic mass is 16.5. The molecule has 4 nitrogen and oxygen atoms in total. The van der Waals surface area contributed by atoms with Gasteiger partial charge in [-0.2, -0.15) is 0 Å². The van der Waals surface area contributed by atoms with Gasteiger partial charge in [0, 0.05) is 17.7 Å². The Balaban J connectivity index is 2.60. The Labute approximate surface area is 128 Å². The van der Waals surface area contributed by atoms with Crippen LogP contribution >= 0.6 is 0 Å². The Hall–Kier alpha value is -1.55. The minimum Gasteiger partial charge on any atom is -0.496 e. The van der Waals surface area contributed by atoms with Crippen molar-refractivity contribution in [1.82, 2.24) is 0 Å². The topological polar surface area (TPSA) is 68.3 Å². The number of rotatable bonds is 10. The number of benzene rings is 1. The van der Waals surface area contributed by atoms with E-state index < -0.39 is 0 Å². The fraction of sp³-hybridized carbons (Fsp3) is 0.588. The van der Waals surface area contributed by atoms with Gasteiger partial charge in [0.05, 0.1) is 13.7 Å². The van der Waals surface area contributed by atoms with Crippen LogP contribution in [0.4, 0.5) is 0 Å². The lowest BCUT2D eigenvalue weighted by Crippen LogP contribution is -2.12. The molecule has 1 unspecified atom stereocenters. The van der Waals surface area contributed by atoms with Crippen molar-refractivity contribution in [2.75, 3.05) is 13.7 Å². The van der Waals surface area contributed by atoms with Gasteiger partial charge in [-0.15, -0.1) is 0 Å². The van der Waals surface area contributed by atoms with Crippen molar-refractivity contribution in [2.45, 2.75) is 46.1 Å². The lowest BCUT2D eigenvalue weighted by Gasteiger charge is -2.16. The van der Waals surface area contributed by atoms with E-state index in [0.717, 1.165) is 24.3 Å². The summed E-state index contributed by atoms with van der Waals surface area (Å²) in [7, 11) is 1.64. The first-order chi connectivity index (χ1) is 10.1. The summed E-state index contributed by atoms with van der Waals surface area (Å²) in [4.78, 5) is 0. The summed E-state index contributed by atoms with van der Waals surface area (Å²) in [6.45, 7) is 5.68. The molecule has 0 aliphatic rings. The molecule has 0 saturated carbocycles. The van der Waals surface area contributed by atoms with Crippen molar-refractivity contribution in [3.8, 4) is 5.75 Å². The van der Waals surface area contributed by atoms with E-state index in [1.807, 2.05) is 12.1 Å². The van der Waals surface area contributed by atoms with Gasteiger partial charge < -0.3 is 15.2 Å². The lowest BCUT2D eigenvalue weighted by atomic mass is 10.0. The number of nitrogens with two attached hydrogens (primary N) is 1. The van der Waals surface area contributed by atoms with E-state index in [-0.39, 0.29) is 5.84 Å². The molecule has 0 bridgehead atoms. The monoisotopic (exact) mass is 292 g/mol. The van der Waals surface area contributed by atoms with Gasteiger partial charge in [-0.25, -0.2) is 0 Å². The fourth-order valence-electron chi connectivity index (χ4n) is 2.29. The number of unbranched alkanes of at least 4 members (excludes halogenated alkanes) is 1. The van der Waals surface area contributed by atoms with Crippen LogP contribution in [0.25, 0.3) is 0 Å². The molecule has 0 saturated heterocycles. The van der Waals surface area contributed by atoms with E-state index in [9.17, 15) is 0 Å². The zero-order chi connectivity index (χ0) is 15.7. The maximum Gasteiger partial charge on any atom is 0.124 e. The van der Waals surface area contributed by atoms with E-state index in [2.05, 4.69) is 13.8 Å². The van der Waals surface area contributed by atoms with Crippen LogP contribution in [0.5, 0.6) is 5.75 Å². The van der Waals surface area contributed by atoms with Gasteiger partial charge in [0.2, 0.25) is 0 Å². The molecule has 4 heteroatoms. The zero-order valence-corrected chi connectivity index (χ0v) is 13.4. The quantitative estimate of drug-likeness (QED) is 0.510. The maximum atomic E-state index is 7.51. The third-order valence-corrected chi connectivity index (χ3v) is 3.75. The summed E-state index contributed by atoms with van der Waals surface area (Å²) >= 11 is 0. The number of nitrogens with one attached hydrogen (secondary N) is 1. The van der Waals surface area contributed by atoms with E-state index in [4.69, 9.17) is 20.6 Å². The van der Waals surface area contributed by atoms with E-state index in [1.54, 1.807) is 13.2 Å². The Kier molecular flexibility index (Phi) is 7.83. The standard InChI is InChI=1S/C17H28N2O2/c1-4-6-7-13(5-2)11-21-12-15-10-14(17(18)19)8-9-16(15)20-3/h8-10,13H,4-7,11-12H2,1-3H3,(H3,18,19). The second kappa shape index (κ2) is 9.40. The molecule has 3 N–H and O–H groups in total. The second-order valence-electron chi connectivity index (χ2n) is 5.37. The van der Waals surface area contributed by atoms with Gasteiger partial charge >= 0.3 is 0 Å². The highest BCUT2D eigenvalue weighted by Crippen LogP contribution is 2.21. The number of ether oxygens (including phenoxy) is 2. The third-order valence-electron chi connectivity index (χ3n) is 3.75. The van der Waals surface area contributed by atoms with Gasteiger partial charge in [0.1, 0.15) is 11.6 Å². The van der Waals surface area contributed by atoms with Crippen molar-refractivity contribution in [3.63, 3.8) is 0 Å². The van der Waals surface area contributed by atoms with E-state index >= 15 is 0 Å². The molecule has 1 aromatic carbocycles. The Bertz CT molecular complexity index is 446. The summed E-state index contributed by atoms with van der Waals surface area (Å²) in [5, 5.41) is 7.51. The smallest absolute Gasteiger partial charge is 0.124 e. The molecule has 0 fully saturated rings. The minimum atomic E-state index is 0.0632. The molecule has 0 radical (unpaired) electrons. The SMILES string of the molecule is CCCCC(CC)COCc1cc(C(=N)N)ccc1OC. The van der Waals surface area contributed by atoms with Gasteiger partial charge in [-0.05, 0) is 30.5 Å². The Morgan fingerprint density at radius 1 is 1.33 bits per heavy atom. The lowest BCUT2D eigenvalue weighted by molar-refractivity contribution is 0.0806. The molecule has 1 aromatic rings. The molecule has 1 rings (SSSR count). The van der Waals surface area contributed by atoms with Crippen molar-refractivity contribution in [2.24, 2.45) is 11.7 Å².